The first-order chi connectivity index (χ1) is 12.4. The SMILES string of the molecule is CC(C)Cn1cc(C(=O)N2CCN(C(=O)c3cccc(Cl)c3)CC2)cn1. The first kappa shape index (κ1) is 18.5. The first-order valence-electron chi connectivity index (χ1n) is 8.80. The molecule has 3 rings (SSSR count). The summed E-state index contributed by atoms with van der Waals surface area (Å²) in [5.41, 5.74) is 1.17. The van der Waals surface area contributed by atoms with Crippen LogP contribution < -0.4 is 0 Å². The van der Waals surface area contributed by atoms with Crippen LogP contribution in [0.3, 0.4) is 0 Å². The van der Waals surface area contributed by atoms with E-state index in [1.807, 2.05) is 0 Å². The Labute approximate surface area is 158 Å². The molecular weight excluding hydrogens is 352 g/mol. The summed E-state index contributed by atoms with van der Waals surface area (Å²) in [4.78, 5) is 28.7. The van der Waals surface area contributed by atoms with Crippen LogP contribution in [0, 0.1) is 5.92 Å². The van der Waals surface area contributed by atoms with Crippen LogP contribution in [-0.4, -0.2) is 57.6 Å². The van der Waals surface area contributed by atoms with E-state index in [-0.39, 0.29) is 11.8 Å². The molecule has 1 aliphatic rings. The molecule has 1 aromatic heterocycles. The second-order valence-electron chi connectivity index (χ2n) is 6.94. The topological polar surface area (TPSA) is 58.4 Å². The van der Waals surface area contributed by atoms with Gasteiger partial charge in [0, 0.05) is 49.5 Å². The number of carbonyl (C=O) groups is 2. The van der Waals surface area contributed by atoms with Crippen LogP contribution >= 0.6 is 11.6 Å². The van der Waals surface area contributed by atoms with Crippen molar-refractivity contribution >= 4 is 23.4 Å². The molecule has 7 heteroatoms. The van der Waals surface area contributed by atoms with E-state index >= 15 is 0 Å². The third kappa shape index (κ3) is 4.25. The van der Waals surface area contributed by atoms with E-state index in [4.69, 9.17) is 11.6 Å². The lowest BCUT2D eigenvalue weighted by atomic mass is 10.1. The van der Waals surface area contributed by atoms with Gasteiger partial charge in [0.2, 0.25) is 0 Å². The van der Waals surface area contributed by atoms with Crippen LogP contribution in [0.15, 0.2) is 36.7 Å². The fraction of sp³-hybridized carbons (Fsp3) is 0.421. The van der Waals surface area contributed by atoms with E-state index in [1.54, 1.807) is 51.1 Å². The van der Waals surface area contributed by atoms with Crippen molar-refractivity contribution in [1.82, 2.24) is 19.6 Å². The molecule has 0 N–H and O–H groups in total. The lowest BCUT2D eigenvalue weighted by Crippen LogP contribution is -2.50. The highest BCUT2D eigenvalue weighted by molar-refractivity contribution is 6.30. The third-order valence-electron chi connectivity index (χ3n) is 4.36. The van der Waals surface area contributed by atoms with Crippen LogP contribution in [0.1, 0.15) is 34.6 Å². The number of benzene rings is 1. The number of carbonyl (C=O) groups excluding carboxylic acids is 2. The van der Waals surface area contributed by atoms with Crippen molar-refractivity contribution in [3.8, 4) is 0 Å². The number of aromatic nitrogens is 2. The molecule has 6 nitrogen and oxygen atoms in total. The Balaban J connectivity index is 1.58. The van der Waals surface area contributed by atoms with Crippen LogP contribution in [0.4, 0.5) is 0 Å². The van der Waals surface area contributed by atoms with Gasteiger partial charge in [-0.2, -0.15) is 5.10 Å². The molecule has 0 spiro atoms. The summed E-state index contributed by atoms with van der Waals surface area (Å²) in [5.74, 6) is 0.387. The Morgan fingerprint density at radius 1 is 1.08 bits per heavy atom. The standard InChI is InChI=1S/C19H23ClN4O2/c1-14(2)12-24-13-16(11-21-24)19(26)23-8-6-22(7-9-23)18(25)15-4-3-5-17(20)10-15/h3-5,10-11,13-14H,6-9,12H2,1-2H3. The number of amides is 2. The molecule has 0 radical (unpaired) electrons. The number of hydrogen-bond donors (Lipinski definition) is 0. The Morgan fingerprint density at radius 3 is 2.27 bits per heavy atom. The number of hydrogen-bond acceptors (Lipinski definition) is 3. The molecule has 2 aromatic rings. The van der Waals surface area contributed by atoms with Crippen molar-refractivity contribution in [3.05, 3.63) is 52.8 Å². The smallest absolute Gasteiger partial charge is 0.257 e. The molecule has 2 heterocycles. The summed E-state index contributed by atoms with van der Waals surface area (Å²) >= 11 is 5.96. The Bertz CT molecular complexity index is 794. The summed E-state index contributed by atoms with van der Waals surface area (Å²) in [6.07, 6.45) is 3.42. The molecule has 0 saturated carbocycles. The van der Waals surface area contributed by atoms with Crippen molar-refractivity contribution in [1.29, 1.82) is 0 Å². The zero-order chi connectivity index (χ0) is 18.7. The summed E-state index contributed by atoms with van der Waals surface area (Å²) in [7, 11) is 0. The highest BCUT2D eigenvalue weighted by Crippen LogP contribution is 2.15. The minimum absolute atomic E-state index is 0.0325. The zero-order valence-corrected chi connectivity index (χ0v) is 15.8. The van der Waals surface area contributed by atoms with Gasteiger partial charge in [-0.25, -0.2) is 0 Å². The molecule has 138 valence electrons. The molecule has 1 aromatic carbocycles. The monoisotopic (exact) mass is 374 g/mol. The summed E-state index contributed by atoms with van der Waals surface area (Å²) < 4.78 is 1.80. The van der Waals surface area contributed by atoms with Crippen molar-refractivity contribution in [2.75, 3.05) is 26.2 Å². The number of rotatable bonds is 4. The Hall–Kier alpha value is -2.34. The van der Waals surface area contributed by atoms with Gasteiger partial charge >= 0.3 is 0 Å². The maximum Gasteiger partial charge on any atom is 0.257 e. The highest BCUT2D eigenvalue weighted by Gasteiger charge is 2.26. The fourth-order valence-corrected chi connectivity index (χ4v) is 3.24. The van der Waals surface area contributed by atoms with E-state index < -0.39 is 0 Å². The second kappa shape index (κ2) is 7.91. The lowest BCUT2D eigenvalue weighted by molar-refractivity contribution is 0.0535. The van der Waals surface area contributed by atoms with Gasteiger partial charge in [-0.3, -0.25) is 14.3 Å². The van der Waals surface area contributed by atoms with Gasteiger partial charge in [0.1, 0.15) is 0 Å². The van der Waals surface area contributed by atoms with Gasteiger partial charge < -0.3 is 9.80 Å². The van der Waals surface area contributed by atoms with Gasteiger partial charge in [0.25, 0.3) is 11.8 Å². The third-order valence-corrected chi connectivity index (χ3v) is 4.59. The van der Waals surface area contributed by atoms with Gasteiger partial charge in [0.05, 0.1) is 11.8 Å². The average Bonchev–Trinajstić information content (AvgIpc) is 3.08. The molecule has 2 amide bonds. The van der Waals surface area contributed by atoms with E-state index in [9.17, 15) is 9.59 Å². The van der Waals surface area contributed by atoms with E-state index in [2.05, 4.69) is 18.9 Å². The quantitative estimate of drug-likeness (QED) is 0.826. The minimum atomic E-state index is -0.0515. The maximum atomic E-state index is 12.6. The Kier molecular flexibility index (Phi) is 5.61. The van der Waals surface area contributed by atoms with E-state index in [0.717, 1.165) is 6.54 Å². The summed E-state index contributed by atoms with van der Waals surface area (Å²) in [5, 5.41) is 4.80. The predicted molar refractivity (Wildman–Crippen MR) is 100 cm³/mol. The molecule has 0 bridgehead atoms. The van der Waals surface area contributed by atoms with Crippen LogP contribution in [0.25, 0.3) is 0 Å². The van der Waals surface area contributed by atoms with Crippen molar-refractivity contribution < 1.29 is 9.59 Å². The molecule has 0 unspecified atom stereocenters. The number of piperazine rings is 1. The van der Waals surface area contributed by atoms with Crippen LogP contribution in [0.5, 0.6) is 0 Å². The lowest BCUT2D eigenvalue weighted by Gasteiger charge is -2.34. The van der Waals surface area contributed by atoms with Crippen molar-refractivity contribution in [2.45, 2.75) is 20.4 Å². The van der Waals surface area contributed by atoms with Crippen LogP contribution in [-0.2, 0) is 6.54 Å². The molecule has 1 fully saturated rings. The molecular formula is C19H23ClN4O2. The van der Waals surface area contributed by atoms with Crippen molar-refractivity contribution in [2.24, 2.45) is 5.92 Å². The van der Waals surface area contributed by atoms with E-state index in [0.29, 0.717) is 48.2 Å². The van der Waals surface area contributed by atoms with Gasteiger partial charge in [0.15, 0.2) is 0 Å². The average molecular weight is 375 g/mol. The summed E-state index contributed by atoms with van der Waals surface area (Å²) in [6, 6.07) is 6.94. The second-order valence-corrected chi connectivity index (χ2v) is 7.38. The predicted octanol–water partition coefficient (Wildman–Crippen LogP) is 2.79. The first-order valence-corrected chi connectivity index (χ1v) is 9.18. The normalized spacial score (nSPS) is 14.8. The maximum absolute atomic E-state index is 12.6. The number of halogens is 1. The largest absolute Gasteiger partial charge is 0.335 e. The number of nitrogens with zero attached hydrogens (tertiary/aromatic N) is 4. The highest BCUT2D eigenvalue weighted by atomic mass is 35.5. The molecule has 1 aliphatic heterocycles. The Morgan fingerprint density at radius 2 is 1.69 bits per heavy atom. The fourth-order valence-electron chi connectivity index (χ4n) is 3.05. The van der Waals surface area contributed by atoms with Crippen LogP contribution in [0.2, 0.25) is 5.02 Å². The van der Waals surface area contributed by atoms with Gasteiger partial charge in [-0.15, -0.1) is 0 Å². The van der Waals surface area contributed by atoms with E-state index in [1.165, 1.54) is 0 Å². The van der Waals surface area contributed by atoms with Gasteiger partial charge in [-0.1, -0.05) is 31.5 Å². The van der Waals surface area contributed by atoms with Gasteiger partial charge in [-0.05, 0) is 24.1 Å². The molecule has 0 aliphatic carbocycles. The summed E-state index contributed by atoms with van der Waals surface area (Å²) in [6.45, 7) is 7.06. The van der Waals surface area contributed by atoms with Crippen molar-refractivity contribution in [3.63, 3.8) is 0 Å². The molecule has 1 saturated heterocycles. The molecule has 0 atom stereocenters. The molecule has 26 heavy (non-hydrogen) atoms. The zero-order valence-electron chi connectivity index (χ0n) is 15.1. The minimum Gasteiger partial charge on any atom is -0.335 e.